The van der Waals surface area contributed by atoms with Crippen molar-refractivity contribution in [3.63, 3.8) is 0 Å². The first-order valence-electron chi connectivity index (χ1n) is 6.64. The van der Waals surface area contributed by atoms with Crippen LogP contribution in [-0.4, -0.2) is 45.1 Å². The molecular formula is C13H16N4O3. The number of carbonyl (C=O) groups is 2. The second-order valence-electron chi connectivity index (χ2n) is 5.51. The summed E-state index contributed by atoms with van der Waals surface area (Å²) in [5.74, 6) is -0.0257. The van der Waals surface area contributed by atoms with Crippen LogP contribution in [0.2, 0.25) is 0 Å². The molecule has 1 atom stereocenters. The molecule has 2 N–H and O–H groups in total. The maximum absolute atomic E-state index is 12.2. The predicted octanol–water partition coefficient (Wildman–Crippen LogP) is 1.20. The van der Waals surface area contributed by atoms with Crippen LogP contribution in [-0.2, 0) is 4.79 Å². The van der Waals surface area contributed by atoms with Crippen molar-refractivity contribution >= 4 is 17.7 Å². The minimum Gasteiger partial charge on any atom is -0.465 e. The molecule has 0 bridgehead atoms. The monoisotopic (exact) mass is 276 g/mol. The van der Waals surface area contributed by atoms with Gasteiger partial charge in [-0.1, -0.05) is 0 Å². The van der Waals surface area contributed by atoms with Gasteiger partial charge in [0.15, 0.2) is 0 Å². The second kappa shape index (κ2) is 4.73. The summed E-state index contributed by atoms with van der Waals surface area (Å²) in [5, 5.41) is 11.7. The molecule has 2 aliphatic rings. The molecule has 106 valence electrons. The Morgan fingerprint density at radius 1 is 1.30 bits per heavy atom. The Kier molecular flexibility index (Phi) is 3.04. The highest BCUT2D eigenvalue weighted by Crippen LogP contribution is 2.59. The maximum Gasteiger partial charge on any atom is 0.407 e. The van der Waals surface area contributed by atoms with Gasteiger partial charge in [0.05, 0.1) is 18.1 Å². The number of likely N-dealkylation sites (tertiary alicyclic amines) is 1. The van der Waals surface area contributed by atoms with Gasteiger partial charge in [-0.3, -0.25) is 4.79 Å². The Morgan fingerprint density at radius 2 is 1.95 bits per heavy atom. The number of amides is 2. The molecule has 1 unspecified atom stereocenters. The van der Waals surface area contributed by atoms with E-state index in [0.717, 1.165) is 19.3 Å². The van der Waals surface area contributed by atoms with Crippen molar-refractivity contribution in [3.8, 4) is 0 Å². The largest absolute Gasteiger partial charge is 0.465 e. The molecule has 1 saturated heterocycles. The quantitative estimate of drug-likeness (QED) is 0.846. The summed E-state index contributed by atoms with van der Waals surface area (Å²) in [6, 6.07) is 0. The number of anilines is 1. The summed E-state index contributed by atoms with van der Waals surface area (Å²) < 4.78 is 0. The molecule has 2 amide bonds. The molecule has 1 spiro atoms. The van der Waals surface area contributed by atoms with Crippen LogP contribution in [0.5, 0.6) is 0 Å². The van der Waals surface area contributed by atoms with Gasteiger partial charge in [-0.05, 0) is 24.7 Å². The van der Waals surface area contributed by atoms with Gasteiger partial charge in [-0.25, -0.2) is 14.8 Å². The van der Waals surface area contributed by atoms with Crippen LogP contribution in [0, 0.1) is 11.3 Å². The number of carboxylic acid groups (broad SMARTS) is 1. The van der Waals surface area contributed by atoms with E-state index in [1.807, 2.05) is 0 Å². The molecular weight excluding hydrogens is 260 g/mol. The van der Waals surface area contributed by atoms with Crippen molar-refractivity contribution in [1.82, 2.24) is 14.9 Å². The highest BCUT2D eigenvalue weighted by molar-refractivity contribution is 5.94. The van der Waals surface area contributed by atoms with E-state index in [1.54, 1.807) is 12.4 Å². The summed E-state index contributed by atoms with van der Waals surface area (Å²) in [6.07, 6.45) is 6.05. The van der Waals surface area contributed by atoms with Crippen LogP contribution < -0.4 is 5.32 Å². The van der Waals surface area contributed by atoms with E-state index in [1.165, 1.54) is 11.2 Å². The number of nitrogens with one attached hydrogen (secondary N) is 1. The molecule has 1 aromatic rings. The summed E-state index contributed by atoms with van der Waals surface area (Å²) in [6.45, 7) is 1.04. The summed E-state index contributed by atoms with van der Waals surface area (Å²) >= 11 is 0. The first-order chi connectivity index (χ1) is 9.61. The molecule has 0 aromatic carbocycles. The molecule has 7 heteroatoms. The number of nitrogens with zero attached hydrogens (tertiary/aromatic N) is 3. The summed E-state index contributed by atoms with van der Waals surface area (Å²) in [7, 11) is 0. The van der Waals surface area contributed by atoms with Crippen LogP contribution in [0.1, 0.15) is 19.3 Å². The average molecular weight is 276 g/mol. The number of hydrogen-bond acceptors (Lipinski definition) is 4. The highest BCUT2D eigenvalue weighted by Gasteiger charge is 2.58. The van der Waals surface area contributed by atoms with Gasteiger partial charge in [-0.15, -0.1) is 0 Å². The van der Waals surface area contributed by atoms with Crippen LogP contribution in [0.4, 0.5) is 10.5 Å². The van der Waals surface area contributed by atoms with Crippen LogP contribution in [0.15, 0.2) is 18.7 Å². The Balaban J connectivity index is 1.56. The fourth-order valence-corrected chi connectivity index (χ4v) is 3.01. The fourth-order valence-electron chi connectivity index (χ4n) is 3.01. The lowest BCUT2D eigenvalue weighted by Crippen LogP contribution is -2.39. The Morgan fingerprint density at radius 3 is 2.55 bits per heavy atom. The Labute approximate surface area is 116 Å². The molecule has 0 radical (unpaired) electrons. The number of aromatic nitrogens is 2. The Hall–Kier alpha value is -2.18. The van der Waals surface area contributed by atoms with Gasteiger partial charge < -0.3 is 15.3 Å². The van der Waals surface area contributed by atoms with Crippen molar-refractivity contribution in [2.75, 3.05) is 18.4 Å². The van der Waals surface area contributed by atoms with E-state index in [-0.39, 0.29) is 17.2 Å². The van der Waals surface area contributed by atoms with Crippen LogP contribution in [0.25, 0.3) is 0 Å². The van der Waals surface area contributed by atoms with E-state index in [9.17, 15) is 9.59 Å². The van der Waals surface area contributed by atoms with Crippen molar-refractivity contribution < 1.29 is 14.7 Å². The third-order valence-corrected chi connectivity index (χ3v) is 4.36. The average Bonchev–Trinajstić information content (AvgIpc) is 3.14. The van der Waals surface area contributed by atoms with E-state index < -0.39 is 6.09 Å². The van der Waals surface area contributed by atoms with Crippen molar-refractivity contribution in [1.29, 1.82) is 0 Å². The molecule has 2 heterocycles. The zero-order valence-electron chi connectivity index (χ0n) is 11.0. The third-order valence-electron chi connectivity index (χ3n) is 4.36. The lowest BCUT2D eigenvalue weighted by atomic mass is 9.91. The number of piperidine rings is 1. The van der Waals surface area contributed by atoms with Crippen molar-refractivity contribution in [2.24, 2.45) is 11.3 Å². The number of hydrogen-bond donors (Lipinski definition) is 2. The third kappa shape index (κ3) is 2.31. The van der Waals surface area contributed by atoms with E-state index >= 15 is 0 Å². The number of carbonyl (C=O) groups excluding carboxylic acids is 1. The topological polar surface area (TPSA) is 95.4 Å². The predicted molar refractivity (Wildman–Crippen MR) is 70.0 cm³/mol. The highest BCUT2D eigenvalue weighted by atomic mass is 16.4. The lowest BCUT2D eigenvalue weighted by molar-refractivity contribution is -0.118. The maximum atomic E-state index is 12.2. The standard InChI is InChI=1S/C13H16N4O3/c18-11(16-9-6-14-8-15-7-9)10-5-13(10)1-3-17(4-2-13)12(19)20/h6-8,10H,1-5H2,(H,16,18)(H,19,20). The molecule has 7 nitrogen and oxygen atoms in total. The van der Waals surface area contributed by atoms with Crippen molar-refractivity contribution in [2.45, 2.75) is 19.3 Å². The van der Waals surface area contributed by atoms with Gasteiger partial charge >= 0.3 is 6.09 Å². The molecule has 2 fully saturated rings. The van der Waals surface area contributed by atoms with Gasteiger partial charge in [0.2, 0.25) is 5.91 Å². The summed E-state index contributed by atoms with van der Waals surface area (Å²) in [5.41, 5.74) is 0.605. The van der Waals surface area contributed by atoms with Crippen LogP contribution >= 0.6 is 0 Å². The minimum atomic E-state index is -0.872. The molecule has 1 aliphatic carbocycles. The minimum absolute atomic E-state index is 0.00563. The lowest BCUT2D eigenvalue weighted by Gasteiger charge is -2.30. The first kappa shape index (κ1) is 12.8. The molecule has 20 heavy (non-hydrogen) atoms. The smallest absolute Gasteiger partial charge is 0.407 e. The van der Waals surface area contributed by atoms with Gasteiger partial charge in [0.25, 0.3) is 0 Å². The fraction of sp³-hybridized carbons (Fsp3) is 0.538. The first-order valence-corrected chi connectivity index (χ1v) is 6.64. The Bertz CT molecular complexity index is 526. The second-order valence-corrected chi connectivity index (χ2v) is 5.51. The van der Waals surface area contributed by atoms with E-state index in [4.69, 9.17) is 5.11 Å². The van der Waals surface area contributed by atoms with Gasteiger partial charge in [0.1, 0.15) is 6.33 Å². The zero-order chi connectivity index (χ0) is 14.2. The van der Waals surface area contributed by atoms with E-state index in [0.29, 0.717) is 18.8 Å². The zero-order valence-corrected chi connectivity index (χ0v) is 11.0. The van der Waals surface area contributed by atoms with Gasteiger partial charge in [0, 0.05) is 19.0 Å². The van der Waals surface area contributed by atoms with Crippen LogP contribution in [0.3, 0.4) is 0 Å². The summed E-state index contributed by atoms with van der Waals surface area (Å²) in [4.78, 5) is 32.2. The normalized spacial score (nSPS) is 23.4. The van der Waals surface area contributed by atoms with E-state index in [2.05, 4.69) is 15.3 Å². The molecule has 3 rings (SSSR count). The van der Waals surface area contributed by atoms with Crippen molar-refractivity contribution in [3.05, 3.63) is 18.7 Å². The molecule has 1 aromatic heterocycles. The molecule has 1 saturated carbocycles. The van der Waals surface area contributed by atoms with Gasteiger partial charge in [-0.2, -0.15) is 0 Å². The SMILES string of the molecule is O=C(Nc1cncnc1)C1CC12CCN(C(=O)O)CC2. The number of rotatable bonds is 2. The molecule has 1 aliphatic heterocycles.